The molecule has 27 heavy (non-hydrogen) atoms. The number of carbonyl (C=O) groups is 3. The maximum absolute atomic E-state index is 12.1. The van der Waals surface area contributed by atoms with Gasteiger partial charge in [-0.2, -0.15) is 0 Å². The molecule has 1 aliphatic carbocycles. The Morgan fingerprint density at radius 2 is 1.89 bits per heavy atom. The lowest BCUT2D eigenvalue weighted by Gasteiger charge is -2.44. The summed E-state index contributed by atoms with van der Waals surface area (Å²) >= 11 is 1.77. The Morgan fingerprint density at radius 1 is 1.26 bits per heavy atom. The Labute approximate surface area is 164 Å². The number of thiophene rings is 1. The lowest BCUT2D eigenvalue weighted by atomic mass is 9.77. The van der Waals surface area contributed by atoms with Gasteiger partial charge >= 0.3 is 5.97 Å². The second kappa shape index (κ2) is 9.32. The first-order valence-electron chi connectivity index (χ1n) is 9.27. The van der Waals surface area contributed by atoms with Gasteiger partial charge in [0.2, 0.25) is 11.8 Å². The summed E-state index contributed by atoms with van der Waals surface area (Å²) in [5, 5.41) is 16.3. The van der Waals surface area contributed by atoms with Crippen LogP contribution in [-0.4, -0.2) is 54.0 Å². The Balaban J connectivity index is 1.79. The molecule has 1 atom stereocenters. The van der Waals surface area contributed by atoms with E-state index in [2.05, 4.69) is 47.1 Å². The minimum atomic E-state index is -1.09. The van der Waals surface area contributed by atoms with Crippen LogP contribution in [0.15, 0.2) is 17.5 Å². The molecule has 1 heterocycles. The third-order valence-corrected chi connectivity index (χ3v) is 6.40. The predicted octanol–water partition coefficient (Wildman–Crippen LogP) is 1.93. The summed E-state index contributed by atoms with van der Waals surface area (Å²) in [5.41, 5.74) is 0.0300. The van der Waals surface area contributed by atoms with Crippen LogP contribution in [0.25, 0.3) is 0 Å². The average Bonchev–Trinajstić information content (AvgIpc) is 3.15. The minimum Gasteiger partial charge on any atom is -0.480 e. The molecule has 0 aromatic carbocycles. The van der Waals surface area contributed by atoms with Crippen LogP contribution in [0.5, 0.6) is 0 Å². The smallest absolute Gasteiger partial charge is 0.325 e. The van der Waals surface area contributed by atoms with Gasteiger partial charge in [0, 0.05) is 23.8 Å². The number of rotatable bonds is 8. The fraction of sp³-hybridized carbons (Fsp3) is 0.632. The number of hydrogen-bond donors (Lipinski definition) is 3. The minimum absolute atomic E-state index is 0.00694. The zero-order chi connectivity index (χ0) is 20.0. The number of amides is 2. The van der Waals surface area contributed by atoms with E-state index in [4.69, 9.17) is 5.11 Å². The van der Waals surface area contributed by atoms with Crippen molar-refractivity contribution in [1.29, 1.82) is 0 Å². The Morgan fingerprint density at radius 3 is 2.41 bits per heavy atom. The van der Waals surface area contributed by atoms with Crippen molar-refractivity contribution in [2.45, 2.75) is 63.1 Å². The van der Waals surface area contributed by atoms with Gasteiger partial charge in [-0.05, 0) is 58.1 Å². The summed E-state index contributed by atoms with van der Waals surface area (Å²) in [6.07, 6.45) is 3.80. The first-order chi connectivity index (χ1) is 12.7. The van der Waals surface area contributed by atoms with E-state index < -0.39 is 17.9 Å². The largest absolute Gasteiger partial charge is 0.480 e. The number of nitrogens with one attached hydrogen (secondary N) is 2. The number of carboxylic acid groups (broad SMARTS) is 1. The zero-order valence-corrected chi connectivity index (χ0v) is 17.0. The molecule has 1 aliphatic rings. The highest BCUT2D eigenvalue weighted by atomic mass is 32.1. The molecule has 1 aromatic heterocycles. The van der Waals surface area contributed by atoms with Crippen molar-refractivity contribution in [2.75, 3.05) is 14.1 Å². The van der Waals surface area contributed by atoms with Gasteiger partial charge in [0.1, 0.15) is 6.04 Å². The average molecular weight is 396 g/mol. The van der Waals surface area contributed by atoms with E-state index in [1.807, 2.05) is 0 Å². The number of hydrogen-bond acceptors (Lipinski definition) is 5. The van der Waals surface area contributed by atoms with Crippen LogP contribution in [0, 0.1) is 0 Å². The topological polar surface area (TPSA) is 98.7 Å². The first-order valence-corrected chi connectivity index (χ1v) is 10.2. The summed E-state index contributed by atoms with van der Waals surface area (Å²) in [6.45, 7) is 1.40. The predicted molar refractivity (Wildman–Crippen MR) is 105 cm³/mol. The lowest BCUT2D eigenvalue weighted by Crippen LogP contribution is -2.48. The third kappa shape index (κ3) is 5.52. The van der Waals surface area contributed by atoms with Gasteiger partial charge < -0.3 is 15.7 Å². The highest BCUT2D eigenvalue weighted by molar-refractivity contribution is 7.10. The highest BCUT2D eigenvalue weighted by Gasteiger charge is 2.39. The molecule has 2 rings (SSSR count). The number of nitrogens with zero attached hydrogens (tertiary/aromatic N) is 1. The van der Waals surface area contributed by atoms with Gasteiger partial charge in [0.05, 0.1) is 5.54 Å². The van der Waals surface area contributed by atoms with Crippen molar-refractivity contribution in [3.63, 3.8) is 0 Å². The fourth-order valence-corrected chi connectivity index (χ4v) is 4.67. The monoisotopic (exact) mass is 395 g/mol. The molecule has 8 heteroatoms. The van der Waals surface area contributed by atoms with Crippen molar-refractivity contribution in [2.24, 2.45) is 0 Å². The van der Waals surface area contributed by atoms with Crippen LogP contribution < -0.4 is 10.6 Å². The van der Waals surface area contributed by atoms with Crippen molar-refractivity contribution < 1.29 is 19.5 Å². The summed E-state index contributed by atoms with van der Waals surface area (Å²) in [5.74, 6) is -1.68. The van der Waals surface area contributed by atoms with Gasteiger partial charge in [-0.1, -0.05) is 6.07 Å². The zero-order valence-electron chi connectivity index (χ0n) is 16.2. The maximum Gasteiger partial charge on any atom is 0.325 e. The molecular formula is C19H29N3O4S. The van der Waals surface area contributed by atoms with Crippen LogP contribution in [0.3, 0.4) is 0 Å². The quantitative estimate of drug-likeness (QED) is 0.625. The molecule has 1 saturated carbocycles. The molecule has 0 aliphatic heterocycles. The molecular weight excluding hydrogens is 366 g/mol. The number of aliphatic carboxylic acids is 1. The SMILES string of the molecule is CC(NC(=O)CCC(=O)NC1CCC(c2cccs2)(N(C)C)CC1)C(=O)O. The molecule has 3 N–H and O–H groups in total. The number of carboxylic acids is 1. The maximum atomic E-state index is 12.1. The molecule has 1 fully saturated rings. The molecule has 0 spiro atoms. The van der Waals surface area contributed by atoms with E-state index in [-0.39, 0.29) is 30.3 Å². The van der Waals surface area contributed by atoms with Crippen LogP contribution in [-0.2, 0) is 19.9 Å². The molecule has 0 radical (unpaired) electrons. The molecule has 1 unspecified atom stereocenters. The summed E-state index contributed by atoms with van der Waals surface area (Å²) in [6, 6.07) is 3.43. The number of carbonyl (C=O) groups excluding carboxylic acids is 2. The van der Waals surface area contributed by atoms with E-state index in [0.717, 1.165) is 25.7 Å². The van der Waals surface area contributed by atoms with Crippen LogP contribution in [0.1, 0.15) is 50.3 Å². The van der Waals surface area contributed by atoms with Gasteiger partial charge in [-0.3, -0.25) is 19.3 Å². The molecule has 150 valence electrons. The van der Waals surface area contributed by atoms with E-state index in [9.17, 15) is 14.4 Å². The van der Waals surface area contributed by atoms with Crippen LogP contribution in [0.2, 0.25) is 0 Å². The van der Waals surface area contributed by atoms with Crippen molar-refractivity contribution in [3.05, 3.63) is 22.4 Å². The Bertz CT molecular complexity index is 652. The summed E-state index contributed by atoms with van der Waals surface area (Å²) < 4.78 is 0. The van der Waals surface area contributed by atoms with Crippen molar-refractivity contribution >= 4 is 29.1 Å². The lowest BCUT2D eigenvalue weighted by molar-refractivity contribution is -0.141. The van der Waals surface area contributed by atoms with Gasteiger partial charge in [0.15, 0.2) is 0 Å². The Hall–Kier alpha value is -1.93. The van der Waals surface area contributed by atoms with Crippen LogP contribution >= 0.6 is 11.3 Å². The van der Waals surface area contributed by atoms with Crippen molar-refractivity contribution in [3.8, 4) is 0 Å². The van der Waals surface area contributed by atoms with Gasteiger partial charge in [-0.25, -0.2) is 0 Å². The standard InChI is InChI=1S/C19H29N3O4S/c1-13(18(25)26)20-16(23)6-7-17(24)21-14-8-10-19(11-9-14,22(2)3)15-5-4-12-27-15/h4-5,12-14H,6-11H2,1-3H3,(H,20,23)(H,21,24)(H,25,26). The molecule has 2 amide bonds. The normalized spacial score (nSPS) is 23.6. The van der Waals surface area contributed by atoms with Crippen LogP contribution in [0.4, 0.5) is 0 Å². The van der Waals surface area contributed by atoms with Gasteiger partial charge in [0.25, 0.3) is 0 Å². The highest BCUT2D eigenvalue weighted by Crippen LogP contribution is 2.42. The molecule has 7 nitrogen and oxygen atoms in total. The van der Waals surface area contributed by atoms with Gasteiger partial charge in [-0.15, -0.1) is 11.3 Å². The van der Waals surface area contributed by atoms with Crippen molar-refractivity contribution in [1.82, 2.24) is 15.5 Å². The molecule has 0 bridgehead atoms. The molecule has 1 aromatic rings. The second-order valence-corrected chi connectivity index (χ2v) is 8.32. The van der Waals surface area contributed by atoms with E-state index in [0.29, 0.717) is 0 Å². The first kappa shape index (κ1) is 21.4. The molecule has 0 saturated heterocycles. The second-order valence-electron chi connectivity index (χ2n) is 7.37. The summed E-state index contributed by atoms with van der Waals surface area (Å²) in [7, 11) is 4.21. The Kier molecular flexibility index (Phi) is 7.38. The van der Waals surface area contributed by atoms with E-state index in [1.165, 1.54) is 11.8 Å². The van der Waals surface area contributed by atoms with E-state index in [1.54, 1.807) is 11.3 Å². The van der Waals surface area contributed by atoms with E-state index >= 15 is 0 Å². The fourth-order valence-electron chi connectivity index (χ4n) is 3.60. The third-order valence-electron chi connectivity index (χ3n) is 5.34. The summed E-state index contributed by atoms with van der Waals surface area (Å²) in [4.78, 5) is 38.2.